The Balaban J connectivity index is 1.41. The van der Waals surface area contributed by atoms with Crippen LogP contribution in [0.25, 0.3) is 0 Å². The van der Waals surface area contributed by atoms with Gasteiger partial charge in [-0.1, -0.05) is 32.6 Å². The van der Waals surface area contributed by atoms with Crippen LogP contribution in [0.1, 0.15) is 77.6 Å². The summed E-state index contributed by atoms with van der Waals surface area (Å²) in [6.07, 6.45) is 15.1. The van der Waals surface area contributed by atoms with Crippen molar-refractivity contribution in [2.24, 2.45) is 10.4 Å². The van der Waals surface area contributed by atoms with Crippen LogP contribution < -0.4 is 10.6 Å². The number of rotatable bonds is 5. The molecule has 1 aliphatic heterocycles. The Kier molecular flexibility index (Phi) is 6.43. The Labute approximate surface area is 148 Å². The molecule has 1 heterocycles. The van der Waals surface area contributed by atoms with Crippen LogP contribution >= 0.6 is 0 Å². The van der Waals surface area contributed by atoms with E-state index in [0.29, 0.717) is 11.5 Å². The molecule has 1 saturated heterocycles. The van der Waals surface area contributed by atoms with Crippen LogP contribution in [0.15, 0.2) is 4.99 Å². The molecule has 0 aromatic rings. The lowest BCUT2D eigenvalue weighted by molar-refractivity contribution is 0.150. The molecule has 2 N–H and O–H groups in total. The van der Waals surface area contributed by atoms with Crippen LogP contribution in [0.3, 0.4) is 0 Å². The van der Waals surface area contributed by atoms with Crippen molar-refractivity contribution in [3.63, 3.8) is 0 Å². The average molecular weight is 335 g/mol. The number of nitrogens with zero attached hydrogens (tertiary/aromatic N) is 2. The number of nitrogens with one attached hydrogen (secondary N) is 2. The van der Waals surface area contributed by atoms with Gasteiger partial charge in [0.25, 0.3) is 0 Å². The Morgan fingerprint density at radius 3 is 2.29 bits per heavy atom. The minimum Gasteiger partial charge on any atom is -0.356 e. The lowest BCUT2D eigenvalue weighted by Crippen LogP contribution is -2.51. The fourth-order valence-corrected chi connectivity index (χ4v) is 5.12. The van der Waals surface area contributed by atoms with Crippen molar-refractivity contribution in [1.82, 2.24) is 15.5 Å². The van der Waals surface area contributed by atoms with Gasteiger partial charge in [-0.05, 0) is 50.4 Å². The SMILES string of the molecule is CCC1(CNC(=NC)NC2CCN(C3CCCC3)CC2)CCCC1. The highest BCUT2D eigenvalue weighted by molar-refractivity contribution is 5.80. The molecule has 4 heteroatoms. The van der Waals surface area contributed by atoms with Crippen LogP contribution in [0.4, 0.5) is 0 Å². The van der Waals surface area contributed by atoms with Gasteiger partial charge in [0, 0.05) is 38.8 Å². The minimum atomic E-state index is 0.517. The molecular weight excluding hydrogens is 296 g/mol. The third kappa shape index (κ3) is 4.44. The highest BCUT2D eigenvalue weighted by Gasteiger charge is 2.32. The summed E-state index contributed by atoms with van der Waals surface area (Å²) in [5, 5.41) is 7.34. The summed E-state index contributed by atoms with van der Waals surface area (Å²) in [6.45, 7) is 5.96. The molecule has 4 nitrogen and oxygen atoms in total. The molecule has 0 aromatic heterocycles. The topological polar surface area (TPSA) is 39.7 Å². The van der Waals surface area contributed by atoms with Crippen LogP contribution in [0, 0.1) is 5.41 Å². The Hall–Kier alpha value is -0.770. The Bertz CT molecular complexity index is 400. The van der Waals surface area contributed by atoms with Crippen LogP contribution in [-0.2, 0) is 0 Å². The van der Waals surface area contributed by atoms with E-state index in [1.807, 2.05) is 7.05 Å². The first-order valence-corrected chi connectivity index (χ1v) is 10.5. The third-order valence-electron chi connectivity index (χ3n) is 6.98. The van der Waals surface area contributed by atoms with Crippen molar-refractivity contribution in [1.29, 1.82) is 0 Å². The zero-order valence-corrected chi connectivity index (χ0v) is 15.9. The van der Waals surface area contributed by atoms with Crippen molar-refractivity contribution >= 4 is 5.96 Å². The monoisotopic (exact) mass is 334 g/mol. The lowest BCUT2D eigenvalue weighted by atomic mass is 9.83. The summed E-state index contributed by atoms with van der Waals surface area (Å²) in [5.41, 5.74) is 0.517. The van der Waals surface area contributed by atoms with Crippen molar-refractivity contribution in [2.75, 3.05) is 26.7 Å². The molecule has 0 spiro atoms. The van der Waals surface area contributed by atoms with Crippen molar-refractivity contribution in [3.8, 4) is 0 Å². The maximum absolute atomic E-state index is 4.49. The standard InChI is InChI=1S/C20H38N4/c1-3-20(12-6-7-13-20)16-22-19(21-2)23-17-10-14-24(15-11-17)18-8-4-5-9-18/h17-18H,3-16H2,1-2H3,(H2,21,22,23). The normalized spacial score (nSPS) is 26.8. The summed E-state index contributed by atoms with van der Waals surface area (Å²) >= 11 is 0. The van der Waals surface area contributed by atoms with E-state index in [2.05, 4.69) is 27.4 Å². The Morgan fingerprint density at radius 1 is 1.04 bits per heavy atom. The molecule has 3 rings (SSSR count). The highest BCUT2D eigenvalue weighted by Crippen LogP contribution is 2.40. The molecule has 2 aliphatic carbocycles. The van der Waals surface area contributed by atoms with Gasteiger partial charge in [0.2, 0.25) is 0 Å². The summed E-state index contributed by atoms with van der Waals surface area (Å²) < 4.78 is 0. The van der Waals surface area contributed by atoms with E-state index in [4.69, 9.17) is 0 Å². The molecule has 2 saturated carbocycles. The number of piperidine rings is 1. The predicted molar refractivity (Wildman–Crippen MR) is 103 cm³/mol. The molecule has 0 radical (unpaired) electrons. The lowest BCUT2D eigenvalue weighted by Gasteiger charge is -2.37. The third-order valence-corrected chi connectivity index (χ3v) is 6.98. The molecule has 138 valence electrons. The number of likely N-dealkylation sites (tertiary alicyclic amines) is 1. The van der Waals surface area contributed by atoms with Crippen LogP contribution in [-0.4, -0.2) is 49.6 Å². The molecule has 0 bridgehead atoms. The summed E-state index contributed by atoms with van der Waals surface area (Å²) in [7, 11) is 1.91. The van der Waals surface area contributed by atoms with Gasteiger partial charge in [0.05, 0.1) is 0 Å². The molecule has 24 heavy (non-hydrogen) atoms. The smallest absolute Gasteiger partial charge is 0.191 e. The molecule has 3 aliphatic rings. The van der Waals surface area contributed by atoms with E-state index in [1.54, 1.807) is 0 Å². The molecule has 0 aromatic carbocycles. The Morgan fingerprint density at radius 2 is 1.71 bits per heavy atom. The minimum absolute atomic E-state index is 0.517. The van der Waals surface area contributed by atoms with E-state index in [9.17, 15) is 0 Å². The van der Waals surface area contributed by atoms with Gasteiger partial charge in [0.1, 0.15) is 0 Å². The summed E-state index contributed by atoms with van der Waals surface area (Å²) in [6, 6.07) is 1.48. The molecule has 3 fully saturated rings. The average Bonchev–Trinajstić information content (AvgIpc) is 3.31. The fourth-order valence-electron chi connectivity index (χ4n) is 5.12. The zero-order valence-electron chi connectivity index (χ0n) is 15.9. The maximum Gasteiger partial charge on any atom is 0.191 e. The second-order valence-corrected chi connectivity index (χ2v) is 8.38. The van der Waals surface area contributed by atoms with Crippen LogP contribution in [0.5, 0.6) is 0 Å². The summed E-state index contributed by atoms with van der Waals surface area (Å²) in [4.78, 5) is 7.23. The molecule has 0 amide bonds. The maximum atomic E-state index is 4.49. The zero-order chi connectivity index (χ0) is 16.8. The quantitative estimate of drug-likeness (QED) is 0.597. The van der Waals surface area contributed by atoms with Crippen molar-refractivity contribution < 1.29 is 0 Å². The van der Waals surface area contributed by atoms with Crippen molar-refractivity contribution in [2.45, 2.75) is 89.6 Å². The van der Waals surface area contributed by atoms with Gasteiger partial charge in [-0.3, -0.25) is 4.99 Å². The fraction of sp³-hybridized carbons (Fsp3) is 0.950. The van der Waals surface area contributed by atoms with Gasteiger partial charge >= 0.3 is 0 Å². The van der Waals surface area contributed by atoms with Crippen LogP contribution in [0.2, 0.25) is 0 Å². The highest BCUT2D eigenvalue weighted by atomic mass is 15.2. The second kappa shape index (κ2) is 8.55. The van der Waals surface area contributed by atoms with Crippen molar-refractivity contribution in [3.05, 3.63) is 0 Å². The van der Waals surface area contributed by atoms with E-state index in [-0.39, 0.29) is 0 Å². The van der Waals surface area contributed by atoms with Gasteiger partial charge < -0.3 is 15.5 Å². The van der Waals surface area contributed by atoms with Gasteiger partial charge in [-0.15, -0.1) is 0 Å². The molecular formula is C20H38N4. The van der Waals surface area contributed by atoms with Gasteiger partial charge in [-0.2, -0.15) is 0 Å². The van der Waals surface area contributed by atoms with E-state index < -0.39 is 0 Å². The number of aliphatic imine (C=N–C) groups is 1. The number of hydrogen-bond donors (Lipinski definition) is 2. The first-order valence-electron chi connectivity index (χ1n) is 10.5. The number of guanidine groups is 1. The first kappa shape index (κ1) is 18.0. The van der Waals surface area contributed by atoms with Gasteiger partial charge in [-0.25, -0.2) is 0 Å². The molecule has 0 unspecified atom stereocenters. The largest absolute Gasteiger partial charge is 0.356 e. The summed E-state index contributed by atoms with van der Waals surface area (Å²) in [5.74, 6) is 1.02. The van der Waals surface area contributed by atoms with E-state index in [0.717, 1.165) is 18.5 Å². The molecule has 0 atom stereocenters. The van der Waals surface area contributed by atoms with Gasteiger partial charge in [0.15, 0.2) is 5.96 Å². The predicted octanol–water partition coefficient (Wildman–Crippen LogP) is 3.53. The number of hydrogen-bond acceptors (Lipinski definition) is 2. The first-order chi connectivity index (χ1) is 11.7. The second-order valence-electron chi connectivity index (χ2n) is 8.38. The van der Waals surface area contributed by atoms with E-state index >= 15 is 0 Å². The van der Waals surface area contributed by atoms with E-state index in [1.165, 1.54) is 83.7 Å².